The van der Waals surface area contributed by atoms with Crippen molar-refractivity contribution in [3.63, 3.8) is 0 Å². The van der Waals surface area contributed by atoms with E-state index in [2.05, 4.69) is 55.5 Å². The van der Waals surface area contributed by atoms with Gasteiger partial charge in [0.15, 0.2) is 5.78 Å². The predicted octanol–water partition coefficient (Wildman–Crippen LogP) is 10.7. The van der Waals surface area contributed by atoms with E-state index in [1.54, 1.807) is 18.2 Å². The minimum absolute atomic E-state index is 0. The van der Waals surface area contributed by atoms with Crippen molar-refractivity contribution in [1.29, 1.82) is 0 Å². The van der Waals surface area contributed by atoms with E-state index in [4.69, 9.17) is 14.5 Å². The van der Waals surface area contributed by atoms with E-state index >= 15 is 0 Å². The molecule has 2 aliphatic rings. The second-order valence-corrected chi connectivity index (χ2v) is 12.9. The number of hydrogen-bond donors (Lipinski definition) is 1. The third-order valence-electron chi connectivity index (χ3n) is 10.0. The Kier molecular flexibility index (Phi) is 8.95. The van der Waals surface area contributed by atoms with Gasteiger partial charge >= 0.3 is 0 Å². The molecule has 0 amide bonds. The Morgan fingerprint density at radius 2 is 1.62 bits per heavy atom. The van der Waals surface area contributed by atoms with Crippen molar-refractivity contribution < 1.29 is 34.4 Å². The summed E-state index contributed by atoms with van der Waals surface area (Å²) in [7, 11) is 0. The molecule has 2 aromatic heterocycles. The second kappa shape index (κ2) is 12.9. The fraction of sp³-hybridized carbons (Fsp3) is 0.300. The molecular weight excluding hydrogens is 735 g/mol. The van der Waals surface area contributed by atoms with Gasteiger partial charge in [-0.05, 0) is 103 Å². The molecule has 1 N–H and O–H groups in total. The quantitative estimate of drug-likeness (QED) is 0.144. The van der Waals surface area contributed by atoms with Crippen molar-refractivity contribution >= 4 is 38.5 Å². The maximum Gasteiger partial charge on any atom is 0.163 e. The van der Waals surface area contributed by atoms with Crippen molar-refractivity contribution in [2.75, 3.05) is 0 Å². The van der Waals surface area contributed by atoms with E-state index in [1.807, 2.05) is 18.3 Å². The summed E-state index contributed by atoms with van der Waals surface area (Å²) in [6, 6.07) is 29.7. The Balaban J connectivity index is 0.000000280. The first kappa shape index (κ1) is 31.2. The molecule has 45 heavy (non-hydrogen) atoms. The summed E-state index contributed by atoms with van der Waals surface area (Å²) in [5.41, 5.74) is 7.39. The van der Waals surface area contributed by atoms with Gasteiger partial charge in [0.2, 0.25) is 0 Å². The van der Waals surface area contributed by atoms with Crippen LogP contribution in [0, 0.1) is 18.4 Å². The number of phenolic OH excluding ortho intramolecular Hbond substituents is 1. The molecule has 0 bridgehead atoms. The molecule has 231 valence electrons. The number of aromatic nitrogens is 1. The van der Waals surface area contributed by atoms with E-state index in [9.17, 15) is 4.79 Å². The number of nitrogens with zero attached hydrogens (tertiary/aromatic N) is 1. The van der Waals surface area contributed by atoms with Crippen LogP contribution in [0.15, 0.2) is 89.5 Å². The topological polar surface area (TPSA) is 63.3 Å². The Hall–Kier alpha value is -3.79. The van der Waals surface area contributed by atoms with Crippen molar-refractivity contribution in [2.24, 2.45) is 5.41 Å². The van der Waals surface area contributed by atoms with E-state index in [-0.39, 0.29) is 31.6 Å². The number of phenols is 1. The Morgan fingerprint density at radius 3 is 2.36 bits per heavy atom. The first-order valence-corrected chi connectivity index (χ1v) is 15.9. The van der Waals surface area contributed by atoms with Gasteiger partial charge in [-0.25, -0.2) is 0 Å². The average Bonchev–Trinajstić information content (AvgIpc) is 3.65. The van der Waals surface area contributed by atoms with Crippen molar-refractivity contribution in [3.8, 4) is 17.0 Å². The van der Waals surface area contributed by atoms with E-state index < -0.39 is 0 Å². The molecule has 0 unspecified atom stereocenters. The normalized spacial score (nSPS) is 16.0. The summed E-state index contributed by atoms with van der Waals surface area (Å²) < 4.78 is 6.34. The number of carbonyl (C=O) groups is 1. The van der Waals surface area contributed by atoms with Crippen LogP contribution < -0.4 is 0 Å². The number of aryl methyl sites for hydroxylation is 1. The van der Waals surface area contributed by atoms with Crippen LogP contribution in [0.25, 0.3) is 44.0 Å². The Bertz CT molecular complexity index is 1990. The van der Waals surface area contributed by atoms with Crippen LogP contribution in [0.3, 0.4) is 0 Å². The van der Waals surface area contributed by atoms with Gasteiger partial charge < -0.3 is 14.5 Å². The zero-order valence-corrected chi connectivity index (χ0v) is 28.3. The van der Waals surface area contributed by atoms with Gasteiger partial charge in [-0.15, -0.1) is 17.7 Å². The number of Topliss-reactive ketones (excluding diaryl/α,β-unsaturated/α-hetero) is 1. The van der Waals surface area contributed by atoms with Gasteiger partial charge in [0, 0.05) is 31.7 Å². The maximum absolute atomic E-state index is 10.7. The minimum atomic E-state index is -0.113. The summed E-state index contributed by atoms with van der Waals surface area (Å²) in [4.78, 5) is 15.5. The zero-order chi connectivity index (χ0) is 30.3. The van der Waals surface area contributed by atoms with Gasteiger partial charge in [0.05, 0.1) is 11.1 Å². The third kappa shape index (κ3) is 6.09. The molecule has 8 rings (SSSR count). The number of aromatic hydroxyl groups is 1. The van der Waals surface area contributed by atoms with Gasteiger partial charge in [-0.1, -0.05) is 79.2 Å². The molecule has 4 nitrogen and oxygen atoms in total. The molecular formula is C40H38IrNO3-. The number of pyridine rings is 1. The van der Waals surface area contributed by atoms with Gasteiger partial charge in [0.25, 0.3) is 0 Å². The molecule has 4 aromatic carbocycles. The zero-order valence-electron chi connectivity index (χ0n) is 25.9. The molecule has 2 heterocycles. The first-order valence-electron chi connectivity index (χ1n) is 15.9. The smallest absolute Gasteiger partial charge is 0.163 e. The molecule has 5 heteroatoms. The molecule has 2 aliphatic carbocycles. The number of hydrogen-bond acceptors (Lipinski definition) is 4. The van der Waals surface area contributed by atoms with Crippen LogP contribution in [0.1, 0.15) is 85.7 Å². The van der Waals surface area contributed by atoms with Crippen LogP contribution in [-0.2, 0) is 20.1 Å². The summed E-state index contributed by atoms with van der Waals surface area (Å²) in [5.74, 6) is 0.632. The summed E-state index contributed by atoms with van der Waals surface area (Å²) in [5, 5.41) is 13.8. The first-order chi connectivity index (χ1) is 21.4. The monoisotopic (exact) mass is 773 g/mol. The van der Waals surface area contributed by atoms with E-state index in [0.29, 0.717) is 16.9 Å². The Labute approximate surface area is 278 Å². The molecule has 1 radical (unpaired) electrons. The maximum atomic E-state index is 10.7. The van der Waals surface area contributed by atoms with Gasteiger partial charge in [-0.2, -0.15) is 0 Å². The summed E-state index contributed by atoms with van der Waals surface area (Å²) >= 11 is 0. The number of furan rings is 1. The predicted molar refractivity (Wildman–Crippen MR) is 178 cm³/mol. The standard InChI is InChI=1S/C32H30NO.C8H8O2.Ir/c1-21-18-27-26-6-2-3-7-29(26)34-31(27)28(19-21)30-25-9-8-23(20-24(25)12-17-33-30)22-10-15-32(16-11-22)13-4-5-14-32;1-6(9)7-4-2-3-5-8(7)10;/h2-3,6-9,12,17-18,20,22H,4-5,10-11,13-16H2,1H3;2-5,10H,1H3;/q-1;;. The number of para-hydroxylation sites is 2. The van der Waals surface area contributed by atoms with Crippen molar-refractivity contribution in [2.45, 2.75) is 71.1 Å². The van der Waals surface area contributed by atoms with Crippen LogP contribution >= 0.6 is 0 Å². The number of rotatable bonds is 3. The van der Waals surface area contributed by atoms with Crippen molar-refractivity contribution in [1.82, 2.24) is 4.98 Å². The van der Waals surface area contributed by atoms with Gasteiger partial charge in [-0.3, -0.25) is 4.79 Å². The van der Waals surface area contributed by atoms with Gasteiger partial charge in [0.1, 0.15) is 11.3 Å². The summed E-state index contributed by atoms with van der Waals surface area (Å²) in [6.07, 6.45) is 13.3. The average molecular weight is 773 g/mol. The SMILES string of the molecule is CC(=O)c1ccccc1O.Cc1[c-]c(-c2nccc3cc(C4CCC5(CCCC5)CC4)ccc23)c2oc3ccccc3c2c1.[Ir]. The van der Waals surface area contributed by atoms with E-state index in [1.165, 1.54) is 80.7 Å². The molecule has 2 saturated carbocycles. The van der Waals surface area contributed by atoms with Crippen LogP contribution in [0.4, 0.5) is 0 Å². The molecule has 2 fully saturated rings. The largest absolute Gasteiger partial charge is 0.507 e. The number of ketones is 1. The molecule has 0 saturated heterocycles. The second-order valence-electron chi connectivity index (χ2n) is 12.9. The number of fused-ring (bicyclic) bond motifs is 4. The van der Waals surface area contributed by atoms with Crippen molar-refractivity contribution in [3.05, 3.63) is 108 Å². The summed E-state index contributed by atoms with van der Waals surface area (Å²) in [6.45, 7) is 3.53. The van der Waals surface area contributed by atoms with Crippen LogP contribution in [0.2, 0.25) is 0 Å². The van der Waals surface area contributed by atoms with Crippen LogP contribution in [-0.4, -0.2) is 15.9 Å². The molecule has 0 atom stereocenters. The minimum Gasteiger partial charge on any atom is -0.507 e. The number of carbonyl (C=O) groups excluding carboxylic acids is 1. The van der Waals surface area contributed by atoms with Crippen LogP contribution in [0.5, 0.6) is 5.75 Å². The third-order valence-corrected chi connectivity index (χ3v) is 10.0. The molecule has 1 spiro atoms. The molecule has 6 aromatic rings. The molecule has 0 aliphatic heterocycles. The Morgan fingerprint density at radius 1 is 0.889 bits per heavy atom. The van der Waals surface area contributed by atoms with E-state index in [0.717, 1.165) is 38.8 Å². The number of benzene rings is 4. The fourth-order valence-corrected chi connectivity index (χ4v) is 7.68. The fourth-order valence-electron chi connectivity index (χ4n) is 7.68.